The second kappa shape index (κ2) is 32.0. The first kappa shape index (κ1) is 63.5. The molecule has 0 heterocycles. The third-order valence-corrected chi connectivity index (χ3v) is 13.6. The Balaban J connectivity index is 0.00000181. The minimum absolute atomic E-state index is 0.126. The minimum Gasteiger partial charge on any atom is -0.494 e. The van der Waals surface area contributed by atoms with Crippen molar-refractivity contribution in [1.82, 2.24) is 10.6 Å². The number of carbonyl (C=O) groups excluding carboxylic acids is 2. The number of benzene rings is 4. The van der Waals surface area contributed by atoms with Gasteiger partial charge >= 0.3 is 0 Å². The summed E-state index contributed by atoms with van der Waals surface area (Å²) in [5, 5.41) is 7.00. The predicted molar refractivity (Wildman–Crippen MR) is 318 cm³/mol. The molecule has 0 saturated heterocycles. The zero-order chi connectivity index (χ0) is 57.6. The van der Waals surface area contributed by atoms with E-state index in [2.05, 4.69) is 76.4 Å². The molecule has 0 amide bonds. The molecular weight excluding hydrogens is 995 g/mol. The van der Waals surface area contributed by atoms with Crippen molar-refractivity contribution < 1.29 is 47.5 Å². The van der Waals surface area contributed by atoms with Crippen LogP contribution in [0.15, 0.2) is 71.1 Å². The quantitative estimate of drug-likeness (QED) is 0.0511. The van der Waals surface area contributed by atoms with Gasteiger partial charge in [-0.15, -0.1) is 0 Å². The second-order valence-electron chi connectivity index (χ2n) is 21.2. The van der Waals surface area contributed by atoms with Gasteiger partial charge in [-0.05, 0) is 147 Å². The van der Waals surface area contributed by atoms with Crippen LogP contribution in [0.3, 0.4) is 0 Å². The number of ether oxygens (including phenoxy) is 8. The molecule has 13 heteroatoms. The van der Waals surface area contributed by atoms with Gasteiger partial charge in [0, 0.05) is 101 Å². The Hall–Kier alpha value is -6.34. The molecule has 79 heavy (non-hydrogen) atoms. The maximum Gasteiger partial charge on any atom is 0.207 e. The molecule has 0 spiro atoms. The van der Waals surface area contributed by atoms with Crippen molar-refractivity contribution in [3.8, 4) is 46.0 Å². The summed E-state index contributed by atoms with van der Waals surface area (Å²) >= 11 is 0. The lowest BCUT2D eigenvalue weighted by atomic mass is 9.83. The van der Waals surface area contributed by atoms with Gasteiger partial charge in [0.2, 0.25) is 11.6 Å². The summed E-state index contributed by atoms with van der Waals surface area (Å²) in [6.45, 7) is 33.9. The Morgan fingerprint density at radius 3 is 0.722 bits per heavy atom. The topological polar surface area (TPSA) is 158 Å². The standard InChI is InChI=1S/C61H82N2O10.C5H13N/c1-13-66-50-32-42-26-44-34-56(72-19-7)46(36-54(44)70-17-5)28-48-58(62-23-21-38(9)10)61(65)49(59(60(48)64)63-24-22-39(11)12)29-47-37-55(71-18-6)45(35-57(47)73-20-8)27-43-33-51(67-14-2)41(31-53(43)69-16-4)25-40(50)30-52(42)68-15-3;1-5(2)3-4-6/h30-39,62-63H,13-29H2,1-12H3;5H,3-4,6H2,1-2H3. The molecule has 0 saturated carbocycles. The first-order valence-electron chi connectivity index (χ1n) is 29.5. The van der Waals surface area contributed by atoms with Crippen LogP contribution < -0.4 is 54.3 Å². The van der Waals surface area contributed by atoms with Crippen LogP contribution in [0.2, 0.25) is 0 Å². The number of nitrogens with one attached hydrogen (secondary N) is 2. The van der Waals surface area contributed by atoms with Crippen LogP contribution in [0, 0.1) is 17.8 Å². The molecule has 10 bridgehead atoms. The van der Waals surface area contributed by atoms with E-state index in [1.807, 2.05) is 79.7 Å². The van der Waals surface area contributed by atoms with Crippen molar-refractivity contribution in [2.45, 2.75) is 148 Å². The van der Waals surface area contributed by atoms with Crippen LogP contribution in [0.4, 0.5) is 0 Å². The van der Waals surface area contributed by atoms with Crippen molar-refractivity contribution in [3.63, 3.8) is 0 Å². The molecule has 15 rings (SSSR count). The molecule has 0 aromatic heterocycles. The van der Waals surface area contributed by atoms with Crippen LogP contribution in [-0.2, 0) is 41.7 Å². The van der Waals surface area contributed by atoms with E-state index in [1.165, 1.54) is 0 Å². The van der Waals surface area contributed by atoms with Crippen molar-refractivity contribution in [2.75, 3.05) is 72.5 Å². The average Bonchev–Trinajstić information content (AvgIpc) is 3.51. The summed E-state index contributed by atoms with van der Waals surface area (Å²) in [7, 11) is 0. The summed E-state index contributed by atoms with van der Waals surface area (Å²) in [6.07, 6.45) is 4.36. The van der Waals surface area contributed by atoms with Gasteiger partial charge in [0.05, 0.1) is 64.2 Å². The zero-order valence-electron chi connectivity index (χ0n) is 50.4. The molecule has 4 N–H and O–H groups in total. The van der Waals surface area contributed by atoms with Gasteiger partial charge in [-0.3, -0.25) is 9.59 Å². The first-order valence-corrected chi connectivity index (χ1v) is 29.5. The number of nitrogens with two attached hydrogens (primary N) is 1. The van der Waals surface area contributed by atoms with Crippen molar-refractivity contribution in [3.05, 3.63) is 116 Å². The number of allylic oxidation sites excluding steroid dienone is 2. The van der Waals surface area contributed by atoms with E-state index in [9.17, 15) is 0 Å². The Morgan fingerprint density at radius 1 is 0.354 bits per heavy atom. The van der Waals surface area contributed by atoms with Gasteiger partial charge in [-0.2, -0.15) is 0 Å². The molecular formula is C66H95N3O10. The lowest BCUT2D eigenvalue weighted by Gasteiger charge is -2.27. The highest BCUT2D eigenvalue weighted by molar-refractivity contribution is 6.25. The summed E-state index contributed by atoms with van der Waals surface area (Å²) < 4.78 is 51.6. The van der Waals surface area contributed by atoms with Crippen molar-refractivity contribution in [2.24, 2.45) is 23.5 Å². The number of hydrogen-bond donors (Lipinski definition) is 3. The summed E-state index contributed by atoms with van der Waals surface area (Å²) in [5.41, 5.74) is 13.5. The van der Waals surface area contributed by atoms with E-state index < -0.39 is 0 Å². The third kappa shape index (κ3) is 17.6. The molecule has 13 nitrogen and oxygen atoms in total. The van der Waals surface area contributed by atoms with Crippen LogP contribution in [-0.4, -0.2) is 84.1 Å². The van der Waals surface area contributed by atoms with E-state index in [0.717, 1.165) is 99.2 Å². The maximum absolute atomic E-state index is 15.5. The number of ketones is 2. The zero-order valence-corrected chi connectivity index (χ0v) is 50.4. The number of Topliss-reactive ketones (excluding diaryl/α,β-unsaturated/α-hetero) is 2. The maximum atomic E-state index is 15.5. The molecule has 4 aromatic rings. The minimum atomic E-state index is -0.234. The molecule has 4 aromatic carbocycles. The first-order chi connectivity index (χ1) is 38.1. The molecule has 0 aliphatic heterocycles. The van der Waals surface area contributed by atoms with Crippen LogP contribution in [0.5, 0.6) is 46.0 Å². The summed E-state index contributed by atoms with van der Waals surface area (Å²) in [6, 6.07) is 16.3. The smallest absolute Gasteiger partial charge is 0.207 e. The monoisotopic (exact) mass is 1090 g/mol. The Morgan fingerprint density at radius 2 is 0.557 bits per heavy atom. The number of rotatable bonds is 26. The average molecular weight is 1090 g/mol. The van der Waals surface area contributed by atoms with E-state index in [4.69, 9.17) is 43.6 Å². The largest absolute Gasteiger partial charge is 0.494 e. The molecule has 11 aliphatic rings. The SMILES string of the molecule is CC(C)CCN.CCOc1cc2c(OCC)cc1CC1=C(NCCC(C)C)C(=O)C(=C(NCCC(C)C)C1=O)Cc1cc(OCC)c(cc1OCC)Cc1cc(OCC)c(cc1OCC)Cc1cc(OCC)c(cc1OCC)C2. The van der Waals surface area contributed by atoms with E-state index in [-0.39, 0.29) is 24.4 Å². The third-order valence-electron chi connectivity index (χ3n) is 13.6. The number of hydrogen-bond acceptors (Lipinski definition) is 13. The van der Waals surface area contributed by atoms with Crippen LogP contribution in [0.1, 0.15) is 161 Å². The fourth-order valence-corrected chi connectivity index (χ4v) is 9.82. The van der Waals surface area contributed by atoms with E-state index in [1.54, 1.807) is 0 Å². The summed E-state index contributed by atoms with van der Waals surface area (Å²) in [4.78, 5) is 31.0. The fourth-order valence-electron chi connectivity index (χ4n) is 9.82. The molecule has 0 atom stereocenters. The molecule has 0 unspecified atom stereocenters. The summed E-state index contributed by atoms with van der Waals surface area (Å²) in [5.74, 6) is 6.44. The highest BCUT2D eigenvalue weighted by atomic mass is 16.5. The van der Waals surface area contributed by atoms with Crippen molar-refractivity contribution >= 4 is 11.6 Å². The highest BCUT2D eigenvalue weighted by Crippen LogP contribution is 2.42. The van der Waals surface area contributed by atoms with Gasteiger partial charge in [0.25, 0.3) is 0 Å². The van der Waals surface area contributed by atoms with Crippen LogP contribution >= 0.6 is 0 Å². The van der Waals surface area contributed by atoms with E-state index >= 15 is 9.59 Å². The lowest BCUT2D eigenvalue weighted by Crippen LogP contribution is -2.38. The fraction of sp³-hybridized carbons (Fsp3) is 0.545. The highest BCUT2D eigenvalue weighted by Gasteiger charge is 2.36. The molecule has 434 valence electrons. The lowest BCUT2D eigenvalue weighted by molar-refractivity contribution is -0.117. The van der Waals surface area contributed by atoms with Gasteiger partial charge in [0.1, 0.15) is 46.0 Å². The second-order valence-corrected chi connectivity index (χ2v) is 21.2. The van der Waals surface area contributed by atoms with E-state index in [0.29, 0.717) is 143 Å². The van der Waals surface area contributed by atoms with Gasteiger partial charge in [-0.25, -0.2) is 0 Å². The predicted octanol–water partition coefficient (Wildman–Crippen LogP) is 12.7. The molecule has 11 aliphatic carbocycles. The Bertz CT molecular complexity index is 2530. The van der Waals surface area contributed by atoms with Gasteiger partial charge in [0.15, 0.2) is 0 Å². The Kier molecular flexibility index (Phi) is 25.8. The molecule has 0 radical (unpaired) electrons. The number of carbonyl (C=O) groups is 2. The van der Waals surface area contributed by atoms with Gasteiger partial charge < -0.3 is 54.3 Å². The van der Waals surface area contributed by atoms with Gasteiger partial charge in [-0.1, -0.05) is 41.5 Å². The molecule has 0 fully saturated rings. The normalized spacial score (nSPS) is 13.5. The van der Waals surface area contributed by atoms with Crippen molar-refractivity contribution in [1.29, 1.82) is 0 Å². The van der Waals surface area contributed by atoms with Crippen LogP contribution in [0.25, 0.3) is 0 Å². The Labute approximate surface area is 473 Å².